The number of benzene rings is 1. The number of amides is 1. The van der Waals surface area contributed by atoms with Crippen molar-refractivity contribution in [3.8, 4) is 5.75 Å². The van der Waals surface area contributed by atoms with Crippen molar-refractivity contribution in [1.82, 2.24) is 14.7 Å². The highest BCUT2D eigenvalue weighted by Gasteiger charge is 2.24. The van der Waals surface area contributed by atoms with E-state index in [9.17, 15) is 4.79 Å². The van der Waals surface area contributed by atoms with Crippen LogP contribution >= 0.6 is 0 Å². The lowest BCUT2D eigenvalue weighted by Crippen LogP contribution is -2.36. The fourth-order valence-corrected chi connectivity index (χ4v) is 4.94. The van der Waals surface area contributed by atoms with Gasteiger partial charge in [0.1, 0.15) is 5.75 Å². The molecule has 4 rings (SSSR count). The molecule has 0 spiro atoms. The van der Waals surface area contributed by atoms with E-state index in [2.05, 4.69) is 21.9 Å². The number of rotatable bonds is 6. The second kappa shape index (κ2) is 9.75. The van der Waals surface area contributed by atoms with Crippen LogP contribution in [0.1, 0.15) is 50.5 Å². The molecule has 5 heteroatoms. The standard InChI is InChI=1S/C23H35N3O2/c27-23(26-13-3-4-14-26)19-28-22-10-8-20(9-11-22)18-24-12-5-15-25(17-16-24)21-6-1-2-7-21/h8-11,21H,1-7,12-19H2. The zero-order valence-corrected chi connectivity index (χ0v) is 17.2. The Morgan fingerprint density at radius 1 is 0.857 bits per heavy atom. The molecule has 3 fully saturated rings. The first kappa shape index (κ1) is 19.7. The quantitative estimate of drug-likeness (QED) is 0.754. The average Bonchev–Trinajstić information content (AvgIpc) is 3.40. The molecular formula is C23H35N3O2. The summed E-state index contributed by atoms with van der Waals surface area (Å²) in [5.41, 5.74) is 1.33. The maximum Gasteiger partial charge on any atom is 0.260 e. The van der Waals surface area contributed by atoms with Gasteiger partial charge in [0.15, 0.2) is 6.61 Å². The Morgan fingerprint density at radius 2 is 1.61 bits per heavy atom. The van der Waals surface area contributed by atoms with Gasteiger partial charge in [-0.25, -0.2) is 0 Å². The van der Waals surface area contributed by atoms with Crippen LogP contribution in [0.5, 0.6) is 5.75 Å². The van der Waals surface area contributed by atoms with E-state index < -0.39 is 0 Å². The fraction of sp³-hybridized carbons (Fsp3) is 0.696. The Labute approximate surface area is 169 Å². The molecule has 1 aliphatic carbocycles. The van der Waals surface area contributed by atoms with Crippen molar-refractivity contribution >= 4 is 5.91 Å². The van der Waals surface area contributed by atoms with Gasteiger partial charge in [-0.05, 0) is 62.9 Å². The lowest BCUT2D eigenvalue weighted by molar-refractivity contribution is -0.132. The molecule has 5 nitrogen and oxygen atoms in total. The molecule has 0 radical (unpaired) electrons. The first-order valence-electron chi connectivity index (χ1n) is 11.2. The van der Waals surface area contributed by atoms with Crippen molar-refractivity contribution in [2.45, 2.75) is 57.5 Å². The molecule has 0 unspecified atom stereocenters. The van der Waals surface area contributed by atoms with Crippen LogP contribution in [0.4, 0.5) is 0 Å². The van der Waals surface area contributed by atoms with Crippen LogP contribution in [0.3, 0.4) is 0 Å². The van der Waals surface area contributed by atoms with E-state index in [4.69, 9.17) is 4.74 Å². The van der Waals surface area contributed by atoms with Crippen molar-refractivity contribution in [2.24, 2.45) is 0 Å². The van der Waals surface area contributed by atoms with Gasteiger partial charge in [0.25, 0.3) is 5.91 Å². The molecule has 2 saturated heterocycles. The van der Waals surface area contributed by atoms with Crippen LogP contribution in [-0.4, -0.2) is 72.5 Å². The summed E-state index contributed by atoms with van der Waals surface area (Å²) < 4.78 is 5.70. The number of nitrogens with zero attached hydrogens (tertiary/aromatic N) is 3. The van der Waals surface area contributed by atoms with E-state index in [0.29, 0.717) is 0 Å². The van der Waals surface area contributed by atoms with Crippen molar-refractivity contribution in [2.75, 3.05) is 45.9 Å². The predicted molar refractivity (Wildman–Crippen MR) is 111 cm³/mol. The molecule has 0 aromatic heterocycles. The van der Waals surface area contributed by atoms with Crippen molar-refractivity contribution in [3.05, 3.63) is 29.8 Å². The number of carbonyl (C=O) groups excluding carboxylic acids is 1. The van der Waals surface area contributed by atoms with Gasteiger partial charge in [-0.2, -0.15) is 0 Å². The minimum Gasteiger partial charge on any atom is -0.484 e. The average molecular weight is 386 g/mol. The van der Waals surface area contributed by atoms with E-state index in [1.54, 1.807) is 0 Å². The Bertz CT molecular complexity index is 621. The highest BCUT2D eigenvalue weighted by atomic mass is 16.5. The zero-order valence-electron chi connectivity index (χ0n) is 17.2. The summed E-state index contributed by atoms with van der Waals surface area (Å²) >= 11 is 0. The number of ether oxygens (including phenoxy) is 1. The third kappa shape index (κ3) is 5.26. The van der Waals surface area contributed by atoms with E-state index in [-0.39, 0.29) is 12.5 Å². The van der Waals surface area contributed by atoms with Crippen LogP contribution in [0.2, 0.25) is 0 Å². The Balaban J connectivity index is 1.22. The molecule has 154 valence electrons. The van der Waals surface area contributed by atoms with Crippen molar-refractivity contribution in [1.29, 1.82) is 0 Å². The van der Waals surface area contributed by atoms with Gasteiger partial charge in [-0.1, -0.05) is 25.0 Å². The summed E-state index contributed by atoms with van der Waals surface area (Å²) in [5, 5.41) is 0. The van der Waals surface area contributed by atoms with Crippen LogP contribution in [-0.2, 0) is 11.3 Å². The van der Waals surface area contributed by atoms with Gasteiger partial charge >= 0.3 is 0 Å². The monoisotopic (exact) mass is 385 g/mol. The second-order valence-corrected chi connectivity index (χ2v) is 8.62. The molecular weight excluding hydrogens is 350 g/mol. The Kier molecular flexibility index (Phi) is 6.86. The summed E-state index contributed by atoms with van der Waals surface area (Å²) in [4.78, 5) is 19.3. The summed E-state index contributed by atoms with van der Waals surface area (Å²) in [6, 6.07) is 9.16. The van der Waals surface area contributed by atoms with Crippen LogP contribution in [0.25, 0.3) is 0 Å². The summed E-state index contributed by atoms with van der Waals surface area (Å²) in [6.07, 6.45) is 9.16. The molecule has 1 amide bonds. The summed E-state index contributed by atoms with van der Waals surface area (Å²) in [6.45, 7) is 7.76. The molecule has 2 heterocycles. The van der Waals surface area contributed by atoms with Crippen molar-refractivity contribution < 1.29 is 9.53 Å². The third-order valence-electron chi connectivity index (χ3n) is 6.61. The molecule has 2 aliphatic heterocycles. The predicted octanol–water partition coefficient (Wildman–Crippen LogP) is 3.14. The lowest BCUT2D eigenvalue weighted by atomic mass is 10.2. The molecule has 1 aromatic carbocycles. The minimum absolute atomic E-state index is 0.109. The Hall–Kier alpha value is -1.59. The molecule has 1 saturated carbocycles. The highest BCUT2D eigenvalue weighted by molar-refractivity contribution is 5.78. The number of hydrogen-bond donors (Lipinski definition) is 0. The largest absolute Gasteiger partial charge is 0.484 e. The molecule has 3 aliphatic rings. The summed E-state index contributed by atoms with van der Waals surface area (Å²) in [5.74, 6) is 0.900. The second-order valence-electron chi connectivity index (χ2n) is 8.62. The lowest BCUT2D eigenvalue weighted by Gasteiger charge is -2.27. The normalized spacial score (nSPS) is 22.5. The van der Waals surface area contributed by atoms with Gasteiger partial charge in [0.05, 0.1) is 0 Å². The number of carbonyl (C=O) groups is 1. The first-order chi connectivity index (χ1) is 13.8. The smallest absolute Gasteiger partial charge is 0.260 e. The SMILES string of the molecule is O=C(COc1ccc(CN2CCCN(C3CCCC3)CC2)cc1)N1CCCC1. The van der Waals surface area contributed by atoms with Crippen LogP contribution in [0.15, 0.2) is 24.3 Å². The fourth-order valence-electron chi connectivity index (χ4n) is 4.94. The van der Waals surface area contributed by atoms with E-state index >= 15 is 0 Å². The molecule has 1 aromatic rings. The van der Waals surface area contributed by atoms with Gasteiger partial charge < -0.3 is 9.64 Å². The minimum atomic E-state index is 0.109. The van der Waals surface area contributed by atoms with E-state index in [1.807, 2.05) is 17.0 Å². The first-order valence-corrected chi connectivity index (χ1v) is 11.2. The molecule has 0 bridgehead atoms. The van der Waals surface area contributed by atoms with Gasteiger partial charge in [-0.15, -0.1) is 0 Å². The number of hydrogen-bond acceptors (Lipinski definition) is 4. The van der Waals surface area contributed by atoms with Crippen molar-refractivity contribution in [3.63, 3.8) is 0 Å². The number of likely N-dealkylation sites (tertiary alicyclic amines) is 1. The topological polar surface area (TPSA) is 36.0 Å². The van der Waals surface area contributed by atoms with Crippen LogP contribution in [0, 0.1) is 0 Å². The van der Waals surface area contributed by atoms with Gasteiger partial charge in [0, 0.05) is 38.8 Å². The molecule has 28 heavy (non-hydrogen) atoms. The maximum atomic E-state index is 12.1. The summed E-state index contributed by atoms with van der Waals surface area (Å²) in [7, 11) is 0. The van der Waals surface area contributed by atoms with Gasteiger partial charge in [-0.3, -0.25) is 14.6 Å². The maximum absolute atomic E-state index is 12.1. The third-order valence-corrected chi connectivity index (χ3v) is 6.61. The van der Waals surface area contributed by atoms with E-state index in [0.717, 1.165) is 44.3 Å². The van der Waals surface area contributed by atoms with Crippen LogP contribution < -0.4 is 4.74 Å². The highest BCUT2D eigenvalue weighted by Crippen LogP contribution is 2.24. The van der Waals surface area contributed by atoms with Gasteiger partial charge in [0.2, 0.25) is 0 Å². The Morgan fingerprint density at radius 3 is 2.36 bits per heavy atom. The van der Waals surface area contributed by atoms with E-state index in [1.165, 1.54) is 63.8 Å². The molecule has 0 atom stereocenters. The molecule has 0 N–H and O–H groups in total. The zero-order chi connectivity index (χ0) is 19.2.